The van der Waals surface area contributed by atoms with Gasteiger partial charge in [-0.3, -0.25) is 0 Å². The number of aromatic nitrogens is 4. The van der Waals surface area contributed by atoms with E-state index in [1.807, 2.05) is 12.3 Å². The minimum atomic E-state index is -0.251. The van der Waals surface area contributed by atoms with Crippen LogP contribution in [-0.2, 0) is 0 Å². The molecular weight excluding hydrogens is 481 g/mol. The topological polar surface area (TPSA) is 74.4 Å². The molecule has 0 unspecified atom stereocenters. The lowest BCUT2D eigenvalue weighted by Gasteiger charge is -2.41. The van der Waals surface area contributed by atoms with Crippen molar-refractivity contribution in [1.82, 2.24) is 19.9 Å². The number of nitrogens with zero attached hydrogens (tertiary/aromatic N) is 7. The van der Waals surface area contributed by atoms with E-state index >= 15 is 0 Å². The second-order valence-electron chi connectivity index (χ2n) is 10.3. The third-order valence-corrected chi connectivity index (χ3v) is 7.60. The van der Waals surface area contributed by atoms with Gasteiger partial charge in [-0.05, 0) is 69.5 Å². The molecule has 2 fully saturated rings. The molecule has 4 aromatic rings. The van der Waals surface area contributed by atoms with Crippen LogP contribution in [0.4, 0.5) is 22.0 Å². The molecular formula is C29H32FN7O. The van der Waals surface area contributed by atoms with Gasteiger partial charge in [-0.2, -0.15) is 4.98 Å². The number of anilines is 3. The fourth-order valence-corrected chi connectivity index (χ4v) is 5.57. The predicted octanol–water partition coefficient (Wildman–Crippen LogP) is 5.34. The number of benzene rings is 1. The molecule has 2 atom stereocenters. The summed E-state index contributed by atoms with van der Waals surface area (Å²) in [6.07, 6.45) is 7.31. The maximum atomic E-state index is 13.6. The van der Waals surface area contributed by atoms with Crippen LogP contribution < -0.4 is 14.7 Å². The third kappa shape index (κ3) is 4.68. The lowest BCUT2D eigenvalue weighted by Crippen LogP contribution is -2.53. The molecule has 0 aliphatic carbocycles. The van der Waals surface area contributed by atoms with Gasteiger partial charge in [0.25, 0.3) is 0 Å². The van der Waals surface area contributed by atoms with Crippen molar-refractivity contribution in [2.24, 2.45) is 0 Å². The first kappa shape index (κ1) is 24.3. The summed E-state index contributed by atoms with van der Waals surface area (Å²) < 4.78 is 19.1. The third-order valence-electron chi connectivity index (χ3n) is 7.60. The first-order chi connectivity index (χ1) is 18.5. The molecule has 2 aliphatic heterocycles. The first-order valence-electron chi connectivity index (χ1n) is 13.3. The van der Waals surface area contributed by atoms with Crippen molar-refractivity contribution in [3.05, 3.63) is 66.4 Å². The quantitative estimate of drug-likeness (QED) is 0.354. The van der Waals surface area contributed by atoms with Crippen LogP contribution in [0.1, 0.15) is 32.3 Å². The van der Waals surface area contributed by atoms with Gasteiger partial charge in [0.15, 0.2) is 0 Å². The van der Waals surface area contributed by atoms with Gasteiger partial charge in [-0.25, -0.2) is 19.3 Å². The summed E-state index contributed by atoms with van der Waals surface area (Å²) in [5.41, 5.74) is 3.67. The number of hydrogen-bond acceptors (Lipinski definition) is 8. The highest BCUT2D eigenvalue weighted by Crippen LogP contribution is 2.32. The fraction of sp³-hybridized carbons (Fsp3) is 0.379. The molecule has 8 nitrogen and oxygen atoms in total. The maximum Gasteiger partial charge on any atom is 0.228 e. The van der Waals surface area contributed by atoms with Crippen LogP contribution >= 0.6 is 0 Å². The summed E-state index contributed by atoms with van der Waals surface area (Å²) in [5, 5.41) is 0. The lowest BCUT2D eigenvalue weighted by molar-refractivity contribution is 0.541. The summed E-state index contributed by atoms with van der Waals surface area (Å²) in [6, 6.07) is 11.3. The van der Waals surface area contributed by atoms with E-state index in [0.29, 0.717) is 11.9 Å². The molecule has 0 N–H and O–H groups in total. The Hall–Kier alpha value is -4.01. The molecule has 0 radical (unpaired) electrons. The van der Waals surface area contributed by atoms with Crippen LogP contribution in [0.25, 0.3) is 22.7 Å². The minimum Gasteiger partial charge on any atom is -0.444 e. The highest BCUT2D eigenvalue weighted by atomic mass is 19.1. The summed E-state index contributed by atoms with van der Waals surface area (Å²) in [4.78, 5) is 26.0. The number of oxazole rings is 1. The normalized spacial score (nSPS) is 19.8. The summed E-state index contributed by atoms with van der Waals surface area (Å²) in [7, 11) is 0. The SMILES string of the molecule is Cc1cc(-c2ncco2)cnc1N1CCN(c2cc(-c3ccc(F)cc3)nc(N3CCC[C@H]3C)n2)[C@H](C)C1. The molecule has 2 aliphatic rings. The molecule has 6 rings (SSSR count). The highest BCUT2D eigenvalue weighted by molar-refractivity contribution is 5.66. The molecule has 9 heteroatoms. The molecule has 1 aromatic carbocycles. The number of halogens is 1. The Morgan fingerprint density at radius 2 is 1.76 bits per heavy atom. The minimum absolute atomic E-state index is 0.205. The average molecular weight is 514 g/mol. The summed E-state index contributed by atoms with van der Waals surface area (Å²) >= 11 is 0. The van der Waals surface area contributed by atoms with Gasteiger partial charge in [0.05, 0.1) is 17.5 Å². The maximum absolute atomic E-state index is 13.6. The molecule has 3 aromatic heterocycles. The molecule has 0 amide bonds. The van der Waals surface area contributed by atoms with Crippen molar-refractivity contribution in [2.75, 3.05) is 40.9 Å². The van der Waals surface area contributed by atoms with Gasteiger partial charge in [-0.1, -0.05) is 0 Å². The van der Waals surface area contributed by atoms with Crippen molar-refractivity contribution in [3.63, 3.8) is 0 Å². The van der Waals surface area contributed by atoms with Crippen LogP contribution in [-0.4, -0.2) is 58.2 Å². The predicted molar refractivity (Wildman–Crippen MR) is 147 cm³/mol. The Labute approximate surface area is 222 Å². The van der Waals surface area contributed by atoms with Crippen LogP contribution in [0.15, 0.2) is 59.5 Å². The molecule has 196 valence electrons. The Morgan fingerprint density at radius 3 is 2.45 bits per heavy atom. The smallest absolute Gasteiger partial charge is 0.228 e. The Kier molecular flexibility index (Phi) is 6.43. The van der Waals surface area contributed by atoms with E-state index < -0.39 is 0 Å². The van der Waals surface area contributed by atoms with Crippen LogP contribution in [0, 0.1) is 12.7 Å². The highest BCUT2D eigenvalue weighted by Gasteiger charge is 2.29. The van der Waals surface area contributed by atoms with Gasteiger partial charge in [0.1, 0.15) is 23.7 Å². The number of aryl methyl sites for hydroxylation is 1. The van der Waals surface area contributed by atoms with Crippen molar-refractivity contribution in [3.8, 4) is 22.7 Å². The largest absolute Gasteiger partial charge is 0.444 e. The van der Waals surface area contributed by atoms with Gasteiger partial charge in [0, 0.05) is 56.1 Å². The molecule has 0 spiro atoms. The Balaban J connectivity index is 1.27. The van der Waals surface area contributed by atoms with E-state index in [2.05, 4.69) is 46.5 Å². The van der Waals surface area contributed by atoms with E-state index in [1.165, 1.54) is 12.1 Å². The lowest BCUT2D eigenvalue weighted by atomic mass is 10.1. The van der Waals surface area contributed by atoms with E-state index in [-0.39, 0.29) is 11.9 Å². The number of piperazine rings is 1. The molecule has 2 saturated heterocycles. The fourth-order valence-electron chi connectivity index (χ4n) is 5.57. The molecule has 0 saturated carbocycles. The Morgan fingerprint density at radius 1 is 0.921 bits per heavy atom. The van der Waals surface area contributed by atoms with E-state index in [9.17, 15) is 4.39 Å². The van der Waals surface area contributed by atoms with E-state index in [4.69, 9.17) is 19.4 Å². The van der Waals surface area contributed by atoms with Gasteiger partial charge < -0.3 is 19.1 Å². The number of pyridine rings is 1. The van der Waals surface area contributed by atoms with E-state index in [1.54, 1.807) is 24.6 Å². The molecule has 5 heterocycles. The van der Waals surface area contributed by atoms with Gasteiger partial charge in [-0.15, -0.1) is 0 Å². The number of hydrogen-bond donors (Lipinski definition) is 0. The molecule has 0 bridgehead atoms. The van der Waals surface area contributed by atoms with Crippen molar-refractivity contribution in [2.45, 2.75) is 45.7 Å². The average Bonchev–Trinajstić information content (AvgIpc) is 3.61. The van der Waals surface area contributed by atoms with Crippen LogP contribution in [0.2, 0.25) is 0 Å². The zero-order valence-corrected chi connectivity index (χ0v) is 22.0. The Bertz CT molecular complexity index is 1410. The van der Waals surface area contributed by atoms with Crippen molar-refractivity contribution < 1.29 is 8.81 Å². The second kappa shape index (κ2) is 10.0. The molecule has 38 heavy (non-hydrogen) atoms. The monoisotopic (exact) mass is 513 g/mol. The van der Waals surface area contributed by atoms with Gasteiger partial charge in [0.2, 0.25) is 11.8 Å². The van der Waals surface area contributed by atoms with Crippen molar-refractivity contribution in [1.29, 1.82) is 0 Å². The standard InChI is InChI=1S/C29H32FN7O/c1-19-15-23(28-31-10-14-38-28)17-32-27(19)35-12-13-36(21(3)18-35)26-16-25(22-6-8-24(30)9-7-22)33-29(34-26)37-11-4-5-20(37)2/h6-10,14-17,20-21H,4-5,11-13,18H2,1-3H3/t20-,21-/m1/s1. The zero-order valence-electron chi connectivity index (χ0n) is 22.0. The van der Waals surface area contributed by atoms with Crippen LogP contribution in [0.5, 0.6) is 0 Å². The van der Waals surface area contributed by atoms with Crippen LogP contribution in [0.3, 0.4) is 0 Å². The zero-order chi connectivity index (χ0) is 26.2. The number of rotatable bonds is 5. The summed E-state index contributed by atoms with van der Waals surface area (Å²) in [5.74, 6) is 2.96. The van der Waals surface area contributed by atoms with Gasteiger partial charge >= 0.3 is 0 Å². The van der Waals surface area contributed by atoms with E-state index in [0.717, 1.165) is 79.0 Å². The summed E-state index contributed by atoms with van der Waals surface area (Å²) in [6.45, 7) is 9.92. The van der Waals surface area contributed by atoms with Crippen molar-refractivity contribution >= 4 is 17.6 Å². The first-order valence-corrected chi connectivity index (χ1v) is 13.3. The second-order valence-corrected chi connectivity index (χ2v) is 10.3.